The van der Waals surface area contributed by atoms with Crippen molar-refractivity contribution in [2.45, 2.75) is 38.0 Å². The molecule has 1 aliphatic rings. The molecule has 2 heteroatoms. The second-order valence-corrected chi connectivity index (χ2v) is 6.28. The lowest BCUT2D eigenvalue weighted by atomic mass is 9.89. The van der Waals surface area contributed by atoms with Crippen LogP contribution in [0.5, 0.6) is 5.75 Å². The van der Waals surface area contributed by atoms with E-state index >= 15 is 0 Å². The Kier molecular flexibility index (Phi) is 4.21. The molecule has 1 unspecified atom stereocenters. The largest absolute Gasteiger partial charge is 0.496 e. The van der Waals surface area contributed by atoms with Crippen LogP contribution in [-0.2, 0) is 12.8 Å². The van der Waals surface area contributed by atoms with Gasteiger partial charge in [0.15, 0.2) is 0 Å². The number of methoxy groups -OCH3 is 1. The summed E-state index contributed by atoms with van der Waals surface area (Å²) in [6.45, 7) is 2.08. The van der Waals surface area contributed by atoms with Crippen molar-refractivity contribution in [1.82, 2.24) is 0 Å². The molecule has 1 aliphatic carbocycles. The number of hydrogen-bond acceptors (Lipinski definition) is 1. The lowest BCUT2D eigenvalue weighted by molar-refractivity contribution is 0.410. The minimum Gasteiger partial charge on any atom is -0.496 e. The summed E-state index contributed by atoms with van der Waals surface area (Å²) in [6.07, 6.45) is 4.98. The highest BCUT2D eigenvalue weighted by atomic mass is 35.5. The van der Waals surface area contributed by atoms with Crippen LogP contribution in [-0.4, -0.2) is 7.11 Å². The Morgan fingerprint density at radius 1 is 1.00 bits per heavy atom. The molecule has 0 fully saturated rings. The van der Waals surface area contributed by atoms with E-state index in [0.29, 0.717) is 0 Å². The van der Waals surface area contributed by atoms with Crippen LogP contribution >= 0.6 is 11.6 Å². The molecule has 3 rings (SSSR count). The van der Waals surface area contributed by atoms with Gasteiger partial charge in [0.1, 0.15) is 5.75 Å². The van der Waals surface area contributed by atoms with Crippen LogP contribution in [0.25, 0.3) is 0 Å². The maximum atomic E-state index is 6.75. The zero-order valence-corrected chi connectivity index (χ0v) is 13.4. The van der Waals surface area contributed by atoms with Crippen LogP contribution in [0.15, 0.2) is 36.4 Å². The smallest absolute Gasteiger partial charge is 0.123 e. The highest BCUT2D eigenvalue weighted by molar-refractivity contribution is 6.22. The molecule has 2 aromatic carbocycles. The van der Waals surface area contributed by atoms with E-state index in [4.69, 9.17) is 16.3 Å². The standard InChI is InChI=1S/C19H21ClO/c1-13-7-10-18(21-2)17(11-13)19(20)16-9-8-14-5-3-4-6-15(14)12-16/h7-12,19H,3-6H2,1-2H3. The monoisotopic (exact) mass is 300 g/mol. The fraction of sp³-hybridized carbons (Fsp3) is 0.368. The lowest BCUT2D eigenvalue weighted by Gasteiger charge is -2.20. The number of fused-ring (bicyclic) bond motifs is 1. The molecule has 0 saturated heterocycles. The average Bonchev–Trinajstić information content (AvgIpc) is 2.53. The average molecular weight is 301 g/mol. The van der Waals surface area contributed by atoms with E-state index in [0.717, 1.165) is 11.3 Å². The molecule has 0 heterocycles. The maximum Gasteiger partial charge on any atom is 0.123 e. The number of benzene rings is 2. The van der Waals surface area contributed by atoms with Gasteiger partial charge in [0.25, 0.3) is 0 Å². The summed E-state index contributed by atoms with van der Waals surface area (Å²) in [5, 5.41) is -0.160. The van der Waals surface area contributed by atoms with Crippen LogP contribution < -0.4 is 4.74 Å². The third-order valence-electron chi connectivity index (χ3n) is 4.32. The van der Waals surface area contributed by atoms with Gasteiger partial charge in [-0.25, -0.2) is 0 Å². The van der Waals surface area contributed by atoms with Crippen LogP contribution in [0.2, 0.25) is 0 Å². The SMILES string of the molecule is COc1ccc(C)cc1C(Cl)c1ccc2c(c1)CCCC2. The summed E-state index contributed by atoms with van der Waals surface area (Å²) in [5.74, 6) is 0.860. The van der Waals surface area contributed by atoms with E-state index in [2.05, 4.69) is 37.3 Å². The molecule has 2 aromatic rings. The van der Waals surface area contributed by atoms with E-state index in [-0.39, 0.29) is 5.38 Å². The number of ether oxygens (including phenoxy) is 1. The van der Waals surface area contributed by atoms with Crippen LogP contribution in [0, 0.1) is 6.92 Å². The van der Waals surface area contributed by atoms with Crippen molar-refractivity contribution in [3.63, 3.8) is 0 Å². The molecule has 21 heavy (non-hydrogen) atoms. The molecule has 1 nitrogen and oxygen atoms in total. The van der Waals surface area contributed by atoms with E-state index in [1.54, 1.807) is 7.11 Å². The Hall–Kier alpha value is -1.47. The van der Waals surface area contributed by atoms with Gasteiger partial charge in [0.2, 0.25) is 0 Å². The van der Waals surface area contributed by atoms with Crippen molar-refractivity contribution in [2.75, 3.05) is 7.11 Å². The molecule has 0 bridgehead atoms. The normalized spacial score (nSPS) is 15.4. The second-order valence-electron chi connectivity index (χ2n) is 5.84. The van der Waals surface area contributed by atoms with Gasteiger partial charge in [-0.3, -0.25) is 0 Å². The summed E-state index contributed by atoms with van der Waals surface area (Å²) in [7, 11) is 1.70. The minimum atomic E-state index is -0.160. The Labute approximate surface area is 131 Å². The lowest BCUT2D eigenvalue weighted by Crippen LogP contribution is -2.05. The molecule has 0 spiro atoms. The summed E-state index contributed by atoms with van der Waals surface area (Å²) in [5.41, 5.74) is 6.38. The van der Waals surface area contributed by atoms with Crippen LogP contribution in [0.3, 0.4) is 0 Å². The van der Waals surface area contributed by atoms with Crippen molar-refractivity contribution in [3.8, 4) is 5.75 Å². The third-order valence-corrected chi connectivity index (χ3v) is 4.81. The summed E-state index contributed by atoms with van der Waals surface area (Å²) in [4.78, 5) is 0. The molecule has 0 radical (unpaired) electrons. The molecule has 110 valence electrons. The van der Waals surface area contributed by atoms with Gasteiger partial charge in [-0.05, 0) is 55.4 Å². The molecular weight excluding hydrogens is 280 g/mol. The van der Waals surface area contributed by atoms with E-state index < -0.39 is 0 Å². The van der Waals surface area contributed by atoms with Gasteiger partial charge < -0.3 is 4.74 Å². The first kappa shape index (κ1) is 14.5. The van der Waals surface area contributed by atoms with Crippen molar-refractivity contribution in [3.05, 3.63) is 64.2 Å². The maximum absolute atomic E-state index is 6.75. The fourth-order valence-corrected chi connectivity index (χ4v) is 3.45. The van der Waals surface area contributed by atoms with Gasteiger partial charge >= 0.3 is 0 Å². The van der Waals surface area contributed by atoms with Crippen molar-refractivity contribution in [2.24, 2.45) is 0 Å². The van der Waals surface area contributed by atoms with E-state index in [9.17, 15) is 0 Å². The minimum absolute atomic E-state index is 0.160. The van der Waals surface area contributed by atoms with Crippen LogP contribution in [0.1, 0.15) is 46.0 Å². The molecule has 0 amide bonds. The topological polar surface area (TPSA) is 9.23 Å². The fourth-order valence-electron chi connectivity index (χ4n) is 3.14. The number of rotatable bonds is 3. The molecular formula is C19H21ClO. The summed E-state index contributed by atoms with van der Waals surface area (Å²) >= 11 is 6.75. The molecule has 1 atom stereocenters. The number of hydrogen-bond donors (Lipinski definition) is 0. The van der Waals surface area contributed by atoms with Crippen LogP contribution in [0.4, 0.5) is 0 Å². The predicted molar refractivity (Wildman–Crippen MR) is 88.5 cm³/mol. The van der Waals surface area contributed by atoms with Gasteiger partial charge in [-0.2, -0.15) is 0 Å². The highest BCUT2D eigenvalue weighted by Crippen LogP contribution is 2.37. The Morgan fingerprint density at radius 3 is 2.52 bits per heavy atom. The summed E-state index contributed by atoms with van der Waals surface area (Å²) < 4.78 is 5.47. The first-order valence-electron chi connectivity index (χ1n) is 7.59. The Morgan fingerprint density at radius 2 is 1.76 bits per heavy atom. The molecule has 0 aliphatic heterocycles. The van der Waals surface area contributed by atoms with Gasteiger partial charge in [-0.15, -0.1) is 11.6 Å². The predicted octanol–water partition coefficient (Wildman–Crippen LogP) is 5.21. The quantitative estimate of drug-likeness (QED) is 0.707. The number of aryl methyl sites for hydroxylation is 3. The van der Waals surface area contributed by atoms with E-state index in [1.165, 1.54) is 47.9 Å². The zero-order valence-electron chi connectivity index (χ0n) is 12.7. The first-order chi connectivity index (χ1) is 10.2. The Bertz CT molecular complexity index is 648. The Balaban J connectivity index is 1.98. The summed E-state index contributed by atoms with van der Waals surface area (Å²) in [6, 6.07) is 12.9. The number of halogens is 1. The van der Waals surface area contributed by atoms with Crippen molar-refractivity contribution in [1.29, 1.82) is 0 Å². The third kappa shape index (κ3) is 2.94. The first-order valence-corrected chi connectivity index (χ1v) is 8.03. The molecule has 0 N–H and O–H groups in total. The number of alkyl halides is 1. The molecule has 0 saturated carbocycles. The second kappa shape index (κ2) is 6.11. The van der Waals surface area contributed by atoms with Crippen molar-refractivity contribution < 1.29 is 4.74 Å². The van der Waals surface area contributed by atoms with Gasteiger partial charge in [-0.1, -0.05) is 35.9 Å². The van der Waals surface area contributed by atoms with Gasteiger partial charge in [0, 0.05) is 5.56 Å². The van der Waals surface area contributed by atoms with Gasteiger partial charge in [0.05, 0.1) is 12.5 Å². The van der Waals surface area contributed by atoms with Crippen molar-refractivity contribution >= 4 is 11.6 Å². The van der Waals surface area contributed by atoms with E-state index in [1.807, 2.05) is 6.07 Å². The highest BCUT2D eigenvalue weighted by Gasteiger charge is 2.18. The molecule has 0 aromatic heterocycles. The zero-order chi connectivity index (χ0) is 14.8.